The molecule has 2 fully saturated rings. The van der Waals surface area contributed by atoms with Crippen molar-refractivity contribution in [3.63, 3.8) is 0 Å². The largest absolute Gasteiger partial charge is 0.382 e. The van der Waals surface area contributed by atoms with Crippen molar-refractivity contribution in [2.45, 2.75) is 18.1 Å². The molecule has 1 heterocycles. The monoisotopic (exact) mass is 301 g/mol. The number of hydroxylamine groups is 1. The topological polar surface area (TPSA) is 30.5 Å². The van der Waals surface area contributed by atoms with Crippen LogP contribution in [0.4, 0.5) is 4.39 Å². The van der Waals surface area contributed by atoms with E-state index in [0.29, 0.717) is 18.1 Å². The van der Waals surface area contributed by atoms with E-state index in [4.69, 9.17) is 9.57 Å². The van der Waals surface area contributed by atoms with Gasteiger partial charge in [-0.05, 0) is 24.6 Å². The van der Waals surface area contributed by atoms with Crippen molar-refractivity contribution in [3.8, 4) is 0 Å². The Morgan fingerprint density at radius 1 is 1.65 bits per heavy atom. The van der Waals surface area contributed by atoms with Crippen molar-refractivity contribution in [3.05, 3.63) is 34.1 Å². The molecule has 1 aromatic carbocycles. The SMILES string of the molecule is COC[C@]1(c2cc(Br)ccc2F)NO[C@@H]2C[C@@H]21. The smallest absolute Gasteiger partial charge is 0.128 e. The number of nitrogens with one attached hydrogen (secondary N) is 1. The number of hydrogen-bond donors (Lipinski definition) is 1. The van der Waals surface area contributed by atoms with Crippen molar-refractivity contribution in [2.24, 2.45) is 5.92 Å². The van der Waals surface area contributed by atoms with Crippen molar-refractivity contribution in [2.75, 3.05) is 13.7 Å². The van der Waals surface area contributed by atoms with E-state index in [1.54, 1.807) is 19.2 Å². The molecule has 0 amide bonds. The minimum atomic E-state index is -0.548. The second kappa shape index (κ2) is 4.02. The Kier molecular flexibility index (Phi) is 2.74. The molecule has 3 atom stereocenters. The lowest BCUT2D eigenvalue weighted by Gasteiger charge is -2.30. The van der Waals surface area contributed by atoms with E-state index >= 15 is 0 Å². The molecular weight excluding hydrogens is 289 g/mol. The molecular formula is C12H13BrFNO2. The molecule has 0 bridgehead atoms. The molecule has 0 unspecified atom stereocenters. The van der Waals surface area contributed by atoms with E-state index in [9.17, 15) is 4.39 Å². The van der Waals surface area contributed by atoms with Crippen LogP contribution >= 0.6 is 15.9 Å². The van der Waals surface area contributed by atoms with Crippen molar-refractivity contribution in [1.29, 1.82) is 0 Å². The highest BCUT2D eigenvalue weighted by atomic mass is 79.9. The quantitative estimate of drug-likeness (QED) is 0.930. The predicted octanol–water partition coefficient (Wildman–Crippen LogP) is 2.35. The third-order valence-corrected chi connectivity index (χ3v) is 4.03. The lowest BCUT2D eigenvalue weighted by molar-refractivity contribution is -0.0143. The van der Waals surface area contributed by atoms with Crippen LogP contribution in [0.1, 0.15) is 12.0 Å². The van der Waals surface area contributed by atoms with Crippen LogP contribution in [-0.2, 0) is 15.1 Å². The second-order valence-electron chi connectivity index (χ2n) is 4.63. The Labute approximate surface area is 107 Å². The minimum Gasteiger partial charge on any atom is -0.382 e. The molecule has 1 aliphatic heterocycles. The van der Waals surface area contributed by atoms with Gasteiger partial charge in [-0.1, -0.05) is 15.9 Å². The molecule has 1 N–H and O–H groups in total. The summed E-state index contributed by atoms with van der Waals surface area (Å²) < 4.78 is 20.1. The summed E-state index contributed by atoms with van der Waals surface area (Å²) in [5.74, 6) is 0.0696. The summed E-state index contributed by atoms with van der Waals surface area (Å²) in [6.07, 6.45) is 1.16. The molecule has 1 aromatic rings. The Morgan fingerprint density at radius 3 is 3.06 bits per heavy atom. The third kappa shape index (κ3) is 1.73. The number of ether oxygens (including phenoxy) is 1. The summed E-state index contributed by atoms with van der Waals surface area (Å²) >= 11 is 3.38. The fraction of sp³-hybridized carbons (Fsp3) is 0.500. The standard InChI is InChI=1S/C12H13BrFNO2/c1-16-6-12(9-5-11(9)17-15-12)8-4-7(13)2-3-10(8)14/h2-4,9,11,15H,5-6H2,1H3/t9-,11+,12+/m0/s1. The van der Waals surface area contributed by atoms with Gasteiger partial charge in [0, 0.05) is 23.1 Å². The molecule has 3 nitrogen and oxygen atoms in total. The van der Waals surface area contributed by atoms with Crippen LogP contribution in [0.5, 0.6) is 0 Å². The van der Waals surface area contributed by atoms with Crippen molar-refractivity contribution in [1.82, 2.24) is 5.48 Å². The fourth-order valence-corrected chi connectivity index (χ4v) is 2.97. The molecule has 5 heteroatoms. The fourth-order valence-electron chi connectivity index (χ4n) is 2.61. The minimum absolute atomic E-state index is 0.198. The first-order chi connectivity index (χ1) is 8.17. The average molecular weight is 302 g/mol. The van der Waals surface area contributed by atoms with Crippen LogP contribution in [0.3, 0.4) is 0 Å². The number of hydrogen-bond acceptors (Lipinski definition) is 3. The van der Waals surface area contributed by atoms with Gasteiger partial charge < -0.3 is 4.74 Å². The molecule has 0 spiro atoms. The van der Waals surface area contributed by atoms with Crippen LogP contribution in [0.25, 0.3) is 0 Å². The Balaban J connectivity index is 2.06. The Bertz CT molecular complexity index is 456. The van der Waals surface area contributed by atoms with Gasteiger partial charge in [0.1, 0.15) is 5.82 Å². The van der Waals surface area contributed by atoms with E-state index in [2.05, 4.69) is 21.4 Å². The number of fused-ring (bicyclic) bond motifs is 1. The van der Waals surface area contributed by atoms with Crippen molar-refractivity contribution < 1.29 is 14.0 Å². The number of rotatable bonds is 3. The first kappa shape index (κ1) is 11.6. The zero-order valence-corrected chi connectivity index (χ0v) is 11.0. The van der Waals surface area contributed by atoms with Gasteiger partial charge in [-0.25, -0.2) is 4.39 Å². The number of halogens is 2. The van der Waals surface area contributed by atoms with Gasteiger partial charge in [0.2, 0.25) is 0 Å². The maximum atomic E-state index is 14.0. The van der Waals surface area contributed by atoms with Gasteiger partial charge in [0.05, 0.1) is 18.2 Å². The first-order valence-corrected chi connectivity index (χ1v) is 6.34. The van der Waals surface area contributed by atoms with E-state index in [0.717, 1.165) is 10.9 Å². The summed E-state index contributed by atoms with van der Waals surface area (Å²) in [5.41, 5.74) is 3.03. The summed E-state index contributed by atoms with van der Waals surface area (Å²) in [7, 11) is 1.62. The summed E-state index contributed by atoms with van der Waals surface area (Å²) in [6.45, 7) is 0.404. The summed E-state index contributed by atoms with van der Waals surface area (Å²) in [4.78, 5) is 5.43. The van der Waals surface area contributed by atoms with E-state index in [-0.39, 0.29) is 11.9 Å². The highest BCUT2D eigenvalue weighted by Crippen LogP contribution is 2.53. The lowest BCUT2D eigenvalue weighted by atomic mass is 9.86. The normalized spacial score (nSPS) is 34.8. The van der Waals surface area contributed by atoms with Gasteiger partial charge in [0.15, 0.2) is 0 Å². The molecule has 0 aromatic heterocycles. The Hall–Kier alpha value is -0.490. The van der Waals surface area contributed by atoms with Crippen LogP contribution in [-0.4, -0.2) is 19.8 Å². The predicted molar refractivity (Wildman–Crippen MR) is 63.8 cm³/mol. The van der Waals surface area contributed by atoms with Crippen LogP contribution in [0, 0.1) is 11.7 Å². The molecule has 1 saturated heterocycles. The molecule has 2 aliphatic rings. The van der Waals surface area contributed by atoms with Crippen LogP contribution in [0.15, 0.2) is 22.7 Å². The van der Waals surface area contributed by atoms with E-state index in [1.807, 2.05) is 0 Å². The molecule has 17 heavy (non-hydrogen) atoms. The summed E-state index contributed by atoms with van der Waals surface area (Å²) in [6, 6.07) is 4.96. The maximum Gasteiger partial charge on any atom is 0.128 e. The van der Waals surface area contributed by atoms with Gasteiger partial charge in [-0.2, -0.15) is 5.48 Å². The second-order valence-corrected chi connectivity index (χ2v) is 5.54. The van der Waals surface area contributed by atoms with E-state index < -0.39 is 5.54 Å². The van der Waals surface area contributed by atoms with Crippen LogP contribution < -0.4 is 5.48 Å². The van der Waals surface area contributed by atoms with Gasteiger partial charge in [-0.15, -0.1) is 0 Å². The number of methoxy groups -OCH3 is 1. The number of benzene rings is 1. The van der Waals surface area contributed by atoms with Gasteiger partial charge in [-0.3, -0.25) is 4.84 Å². The molecule has 3 rings (SSSR count). The van der Waals surface area contributed by atoms with E-state index in [1.165, 1.54) is 6.07 Å². The zero-order valence-electron chi connectivity index (χ0n) is 9.37. The van der Waals surface area contributed by atoms with Gasteiger partial charge >= 0.3 is 0 Å². The van der Waals surface area contributed by atoms with Crippen molar-refractivity contribution >= 4 is 15.9 Å². The summed E-state index contributed by atoms with van der Waals surface area (Å²) in [5, 5.41) is 0. The highest BCUT2D eigenvalue weighted by molar-refractivity contribution is 9.10. The Morgan fingerprint density at radius 2 is 2.47 bits per heavy atom. The lowest BCUT2D eigenvalue weighted by Crippen LogP contribution is -2.44. The molecule has 0 radical (unpaired) electrons. The first-order valence-electron chi connectivity index (χ1n) is 5.54. The molecule has 1 aliphatic carbocycles. The zero-order chi connectivity index (χ0) is 12.0. The maximum absolute atomic E-state index is 14.0. The molecule has 92 valence electrons. The van der Waals surface area contributed by atoms with Crippen LogP contribution in [0.2, 0.25) is 0 Å². The van der Waals surface area contributed by atoms with Gasteiger partial charge in [0.25, 0.3) is 0 Å². The highest BCUT2D eigenvalue weighted by Gasteiger charge is 2.61. The molecule has 1 saturated carbocycles. The third-order valence-electron chi connectivity index (χ3n) is 3.54. The average Bonchev–Trinajstić information content (AvgIpc) is 3.02.